The van der Waals surface area contributed by atoms with Gasteiger partial charge in [-0.3, -0.25) is 9.99 Å². The van der Waals surface area contributed by atoms with Gasteiger partial charge in [-0.15, -0.1) is 0 Å². The van der Waals surface area contributed by atoms with Gasteiger partial charge in [0.25, 0.3) is 0 Å². The number of imidazole rings is 1. The minimum absolute atomic E-state index is 0.339. The lowest BCUT2D eigenvalue weighted by molar-refractivity contribution is 0.437. The Balaban J connectivity index is 2.16. The maximum absolute atomic E-state index is 5.37. The highest BCUT2D eigenvalue weighted by Crippen LogP contribution is 2.15. The second-order valence-electron chi connectivity index (χ2n) is 4.01. The summed E-state index contributed by atoms with van der Waals surface area (Å²) < 4.78 is 1.71. The topological polar surface area (TPSA) is 97.8 Å². The molecule has 0 spiro atoms. The molecule has 0 saturated heterocycles. The summed E-state index contributed by atoms with van der Waals surface area (Å²) in [6.07, 6.45) is 5.06. The van der Waals surface area contributed by atoms with Crippen molar-refractivity contribution in [2.24, 2.45) is 5.84 Å². The van der Waals surface area contributed by atoms with Gasteiger partial charge in [-0.05, 0) is 14.1 Å². The number of anilines is 1. The highest BCUT2D eigenvalue weighted by molar-refractivity contribution is 7.99. The molecule has 102 valence electrons. The van der Waals surface area contributed by atoms with E-state index in [-0.39, 0.29) is 0 Å². The molecule has 0 fully saturated rings. The van der Waals surface area contributed by atoms with Crippen LogP contribution in [-0.4, -0.2) is 55.8 Å². The molecular weight excluding hydrogens is 264 g/mol. The fourth-order valence-corrected chi connectivity index (χ4v) is 2.22. The summed E-state index contributed by atoms with van der Waals surface area (Å²) in [4.78, 5) is 18.8. The summed E-state index contributed by atoms with van der Waals surface area (Å²) in [6.45, 7) is 0.947. The smallest absolute Gasteiger partial charge is 0.242 e. The molecule has 2 rings (SSSR count). The maximum Gasteiger partial charge on any atom is 0.242 e. The van der Waals surface area contributed by atoms with Gasteiger partial charge < -0.3 is 4.90 Å². The number of hydrogen-bond donors (Lipinski definition) is 2. The third-order valence-corrected chi connectivity index (χ3v) is 3.06. The molecule has 2 aromatic rings. The summed E-state index contributed by atoms with van der Waals surface area (Å²) in [6, 6.07) is 0. The van der Waals surface area contributed by atoms with Crippen LogP contribution in [0.5, 0.6) is 0 Å². The normalized spacial score (nSPS) is 10.9. The Labute approximate surface area is 115 Å². The molecule has 0 amide bonds. The Morgan fingerprint density at radius 2 is 2.21 bits per heavy atom. The van der Waals surface area contributed by atoms with E-state index in [1.165, 1.54) is 0 Å². The van der Waals surface area contributed by atoms with Crippen LogP contribution in [0, 0.1) is 0 Å². The zero-order chi connectivity index (χ0) is 13.7. The van der Waals surface area contributed by atoms with Crippen molar-refractivity contribution in [2.45, 2.75) is 5.16 Å². The van der Waals surface area contributed by atoms with E-state index in [0.29, 0.717) is 17.1 Å². The molecule has 2 aromatic heterocycles. The molecule has 0 aliphatic rings. The van der Waals surface area contributed by atoms with E-state index in [1.54, 1.807) is 35.0 Å². The number of nitrogens with two attached hydrogens (primary N) is 1. The van der Waals surface area contributed by atoms with Crippen LogP contribution < -0.4 is 11.3 Å². The lowest BCUT2D eigenvalue weighted by Gasteiger charge is -2.09. The molecule has 2 heterocycles. The van der Waals surface area contributed by atoms with E-state index in [9.17, 15) is 0 Å². The molecule has 3 N–H and O–H groups in total. The van der Waals surface area contributed by atoms with Crippen LogP contribution in [0.1, 0.15) is 0 Å². The quantitative estimate of drug-likeness (QED) is 0.433. The standard InChI is InChI=1S/C10H16N8S/c1-17(2)5-6-19-10-14-8(16-11)13-9(15-10)18-4-3-12-7-18/h3-4,7H,5-6,11H2,1-2H3,(H,13,14,15,16). The average molecular weight is 280 g/mol. The van der Waals surface area contributed by atoms with Gasteiger partial charge in [-0.2, -0.15) is 15.0 Å². The number of thioether (sulfide) groups is 1. The van der Waals surface area contributed by atoms with Gasteiger partial charge in [-0.25, -0.2) is 10.8 Å². The monoisotopic (exact) mass is 280 g/mol. The van der Waals surface area contributed by atoms with Crippen LogP contribution in [0.25, 0.3) is 5.95 Å². The highest BCUT2D eigenvalue weighted by Gasteiger charge is 2.08. The van der Waals surface area contributed by atoms with E-state index in [2.05, 4.69) is 30.3 Å². The lowest BCUT2D eigenvalue weighted by atomic mass is 10.7. The summed E-state index contributed by atoms with van der Waals surface area (Å²) in [5.41, 5.74) is 2.45. The lowest BCUT2D eigenvalue weighted by Crippen LogP contribution is -2.16. The molecule has 0 aliphatic carbocycles. The predicted molar refractivity (Wildman–Crippen MR) is 74.0 cm³/mol. The zero-order valence-electron chi connectivity index (χ0n) is 10.8. The first-order valence-corrected chi connectivity index (χ1v) is 6.66. The van der Waals surface area contributed by atoms with E-state index >= 15 is 0 Å². The van der Waals surface area contributed by atoms with Crippen LogP contribution in [0.3, 0.4) is 0 Å². The van der Waals surface area contributed by atoms with Crippen molar-refractivity contribution in [2.75, 3.05) is 31.8 Å². The van der Waals surface area contributed by atoms with Gasteiger partial charge in [0.05, 0.1) is 0 Å². The summed E-state index contributed by atoms with van der Waals surface area (Å²) in [5.74, 6) is 7.10. The van der Waals surface area contributed by atoms with Crippen LogP contribution in [0.15, 0.2) is 23.9 Å². The summed E-state index contributed by atoms with van der Waals surface area (Å²) in [5, 5.41) is 0.633. The Bertz CT molecular complexity index is 512. The molecule has 8 nitrogen and oxygen atoms in total. The van der Waals surface area contributed by atoms with E-state index in [4.69, 9.17) is 5.84 Å². The number of nitrogens with one attached hydrogen (secondary N) is 1. The van der Waals surface area contributed by atoms with Crippen molar-refractivity contribution in [3.8, 4) is 5.95 Å². The molecule has 0 aromatic carbocycles. The van der Waals surface area contributed by atoms with E-state index < -0.39 is 0 Å². The van der Waals surface area contributed by atoms with Crippen LogP contribution in [0.2, 0.25) is 0 Å². The molecule has 19 heavy (non-hydrogen) atoms. The third kappa shape index (κ3) is 3.88. The fraction of sp³-hybridized carbons (Fsp3) is 0.400. The molecule has 0 unspecified atom stereocenters. The molecule has 0 saturated carbocycles. The molecule has 0 bridgehead atoms. The van der Waals surface area contributed by atoms with Gasteiger partial charge in [0.15, 0.2) is 5.16 Å². The second kappa shape index (κ2) is 6.45. The number of hydrazine groups is 1. The van der Waals surface area contributed by atoms with Crippen LogP contribution in [0.4, 0.5) is 5.95 Å². The van der Waals surface area contributed by atoms with Crippen molar-refractivity contribution in [3.05, 3.63) is 18.7 Å². The Kier molecular flexibility index (Phi) is 4.66. The van der Waals surface area contributed by atoms with E-state index in [0.717, 1.165) is 12.3 Å². The van der Waals surface area contributed by atoms with Gasteiger partial charge in [0.2, 0.25) is 11.9 Å². The number of rotatable bonds is 6. The van der Waals surface area contributed by atoms with Crippen molar-refractivity contribution in [1.29, 1.82) is 0 Å². The van der Waals surface area contributed by atoms with Gasteiger partial charge in [0, 0.05) is 24.7 Å². The molecule has 0 radical (unpaired) electrons. The van der Waals surface area contributed by atoms with Crippen molar-refractivity contribution < 1.29 is 0 Å². The zero-order valence-corrected chi connectivity index (χ0v) is 11.6. The van der Waals surface area contributed by atoms with Crippen LogP contribution >= 0.6 is 11.8 Å². The largest absolute Gasteiger partial charge is 0.309 e. The van der Waals surface area contributed by atoms with Gasteiger partial charge in [-0.1, -0.05) is 11.8 Å². The first-order chi connectivity index (χ1) is 9.19. The highest BCUT2D eigenvalue weighted by atomic mass is 32.2. The van der Waals surface area contributed by atoms with Crippen molar-refractivity contribution >= 4 is 17.7 Å². The van der Waals surface area contributed by atoms with E-state index in [1.807, 2.05) is 14.1 Å². The Morgan fingerprint density at radius 3 is 2.84 bits per heavy atom. The Morgan fingerprint density at radius 1 is 1.37 bits per heavy atom. The minimum Gasteiger partial charge on any atom is -0.309 e. The summed E-state index contributed by atoms with van der Waals surface area (Å²) in [7, 11) is 4.05. The van der Waals surface area contributed by atoms with Gasteiger partial charge >= 0.3 is 0 Å². The predicted octanol–water partition coefficient (Wildman–Crippen LogP) is -0.00340. The molecule has 0 aliphatic heterocycles. The second-order valence-corrected chi connectivity index (χ2v) is 5.07. The molecule has 0 atom stereocenters. The molecular formula is C10H16N8S. The van der Waals surface area contributed by atoms with Crippen molar-refractivity contribution in [3.63, 3.8) is 0 Å². The average Bonchev–Trinajstić information content (AvgIpc) is 2.92. The molecule has 9 heteroatoms. The fourth-order valence-electron chi connectivity index (χ4n) is 1.29. The number of aromatic nitrogens is 5. The summed E-state index contributed by atoms with van der Waals surface area (Å²) >= 11 is 1.56. The number of nitrogen functional groups attached to an aromatic ring is 1. The van der Waals surface area contributed by atoms with Crippen molar-refractivity contribution in [1.82, 2.24) is 29.4 Å². The SMILES string of the molecule is CN(C)CCSc1nc(NN)nc(-n2ccnc2)n1. The van der Waals surface area contributed by atoms with Crippen LogP contribution in [-0.2, 0) is 0 Å². The first kappa shape index (κ1) is 13.7. The number of hydrogen-bond acceptors (Lipinski definition) is 8. The first-order valence-electron chi connectivity index (χ1n) is 5.67. The van der Waals surface area contributed by atoms with Gasteiger partial charge in [0.1, 0.15) is 6.33 Å². The third-order valence-electron chi connectivity index (χ3n) is 2.24. The Hall–Kier alpha value is -1.71. The minimum atomic E-state index is 0.339. The maximum atomic E-state index is 5.37. The number of nitrogens with zero attached hydrogens (tertiary/aromatic N) is 6.